The number of hydrogen-bond acceptors (Lipinski definition) is 3. The molecule has 0 aromatic rings. The van der Waals surface area contributed by atoms with E-state index < -0.39 is 5.60 Å². The van der Waals surface area contributed by atoms with Gasteiger partial charge in [0.1, 0.15) is 5.60 Å². The fraction of sp³-hybridized carbons (Fsp3) is 0.923. The van der Waals surface area contributed by atoms with Crippen LogP contribution in [0.2, 0.25) is 0 Å². The SMILES string of the molecule is CC(C)(C)OC(=O)N[C@H]1CN[C@@H]2CC[C@H](C2)C1. The van der Waals surface area contributed by atoms with Crippen molar-refractivity contribution in [2.24, 2.45) is 5.92 Å². The molecule has 2 N–H and O–H groups in total. The van der Waals surface area contributed by atoms with Crippen molar-refractivity contribution in [3.05, 3.63) is 0 Å². The van der Waals surface area contributed by atoms with E-state index in [9.17, 15) is 4.79 Å². The molecule has 1 heterocycles. The smallest absolute Gasteiger partial charge is 0.407 e. The number of amides is 1. The molecule has 2 fully saturated rings. The fourth-order valence-corrected chi connectivity index (χ4v) is 2.85. The van der Waals surface area contributed by atoms with Gasteiger partial charge in [-0.15, -0.1) is 0 Å². The summed E-state index contributed by atoms with van der Waals surface area (Å²) in [7, 11) is 0. The Morgan fingerprint density at radius 2 is 2.06 bits per heavy atom. The lowest BCUT2D eigenvalue weighted by Gasteiger charge is -2.25. The zero-order valence-electron chi connectivity index (χ0n) is 11.1. The lowest BCUT2D eigenvalue weighted by molar-refractivity contribution is 0.0498. The molecule has 1 aliphatic carbocycles. The van der Waals surface area contributed by atoms with Crippen LogP contribution < -0.4 is 10.6 Å². The van der Waals surface area contributed by atoms with Gasteiger partial charge in [0.15, 0.2) is 0 Å². The highest BCUT2D eigenvalue weighted by Crippen LogP contribution is 2.31. The summed E-state index contributed by atoms with van der Waals surface area (Å²) in [4.78, 5) is 11.7. The summed E-state index contributed by atoms with van der Waals surface area (Å²) in [5, 5.41) is 6.50. The van der Waals surface area contributed by atoms with Crippen LogP contribution in [0.5, 0.6) is 0 Å². The second kappa shape index (κ2) is 4.84. The number of fused-ring (bicyclic) bond motifs is 2. The molecule has 1 amide bonds. The lowest BCUT2D eigenvalue weighted by Crippen LogP contribution is -2.45. The van der Waals surface area contributed by atoms with E-state index in [0.29, 0.717) is 6.04 Å². The highest BCUT2D eigenvalue weighted by Gasteiger charge is 2.31. The standard InChI is InChI=1S/C13H24N2O2/c1-13(2,3)17-12(16)15-11-7-9-4-5-10(6-9)14-8-11/h9-11,14H,4-8H2,1-3H3,(H,15,16)/t9-,10-,11-/m1/s1. The summed E-state index contributed by atoms with van der Waals surface area (Å²) in [6.45, 7) is 6.54. The van der Waals surface area contributed by atoms with Gasteiger partial charge in [0.05, 0.1) is 0 Å². The topological polar surface area (TPSA) is 50.4 Å². The van der Waals surface area contributed by atoms with Crippen LogP contribution in [0.1, 0.15) is 46.5 Å². The third kappa shape index (κ3) is 3.87. The number of nitrogens with one attached hydrogen (secondary N) is 2. The third-order valence-corrected chi connectivity index (χ3v) is 3.53. The van der Waals surface area contributed by atoms with Crippen molar-refractivity contribution in [1.82, 2.24) is 10.6 Å². The first-order valence-corrected chi connectivity index (χ1v) is 6.65. The molecular weight excluding hydrogens is 216 g/mol. The first kappa shape index (κ1) is 12.7. The van der Waals surface area contributed by atoms with E-state index in [-0.39, 0.29) is 12.1 Å². The molecular formula is C13H24N2O2. The minimum Gasteiger partial charge on any atom is -0.444 e. The molecule has 2 bridgehead atoms. The average molecular weight is 240 g/mol. The highest BCUT2D eigenvalue weighted by atomic mass is 16.6. The molecule has 4 heteroatoms. The van der Waals surface area contributed by atoms with Crippen molar-refractivity contribution in [2.75, 3.05) is 6.54 Å². The maximum Gasteiger partial charge on any atom is 0.407 e. The molecule has 4 nitrogen and oxygen atoms in total. The van der Waals surface area contributed by atoms with Crippen LogP contribution in [0.15, 0.2) is 0 Å². The van der Waals surface area contributed by atoms with Gasteiger partial charge in [-0.3, -0.25) is 0 Å². The molecule has 1 saturated heterocycles. The predicted molar refractivity (Wildman–Crippen MR) is 66.9 cm³/mol. The Balaban J connectivity index is 1.81. The second-order valence-corrected chi connectivity index (χ2v) is 6.36. The van der Waals surface area contributed by atoms with Gasteiger partial charge in [0.2, 0.25) is 0 Å². The molecule has 0 radical (unpaired) electrons. The summed E-state index contributed by atoms with van der Waals surface area (Å²) in [6.07, 6.45) is 4.66. The van der Waals surface area contributed by atoms with E-state index in [0.717, 1.165) is 18.9 Å². The van der Waals surface area contributed by atoms with Gasteiger partial charge >= 0.3 is 6.09 Å². The van der Waals surface area contributed by atoms with Crippen molar-refractivity contribution in [3.8, 4) is 0 Å². The first-order chi connectivity index (χ1) is 7.92. The van der Waals surface area contributed by atoms with Crippen LogP contribution in [-0.2, 0) is 4.74 Å². The minimum atomic E-state index is -0.415. The Morgan fingerprint density at radius 3 is 2.76 bits per heavy atom. The van der Waals surface area contributed by atoms with Crippen LogP contribution in [0.3, 0.4) is 0 Å². The molecule has 0 unspecified atom stereocenters. The van der Waals surface area contributed by atoms with Gasteiger partial charge in [0, 0.05) is 18.6 Å². The van der Waals surface area contributed by atoms with E-state index >= 15 is 0 Å². The molecule has 1 aliphatic heterocycles. The second-order valence-electron chi connectivity index (χ2n) is 6.36. The molecule has 0 aromatic carbocycles. The Bertz CT molecular complexity index is 286. The molecule has 98 valence electrons. The lowest BCUT2D eigenvalue weighted by atomic mass is 9.99. The van der Waals surface area contributed by atoms with Crippen LogP contribution in [0.25, 0.3) is 0 Å². The molecule has 3 atom stereocenters. The number of alkyl carbamates (subject to hydrolysis) is 1. The van der Waals surface area contributed by atoms with E-state index in [2.05, 4.69) is 10.6 Å². The van der Waals surface area contributed by atoms with Crippen LogP contribution in [-0.4, -0.2) is 30.3 Å². The van der Waals surface area contributed by atoms with Crippen LogP contribution >= 0.6 is 0 Å². The summed E-state index contributed by atoms with van der Waals surface area (Å²) in [5.41, 5.74) is -0.415. The van der Waals surface area contributed by atoms with E-state index in [1.807, 2.05) is 20.8 Å². The molecule has 17 heavy (non-hydrogen) atoms. The Morgan fingerprint density at radius 1 is 1.29 bits per heavy atom. The monoisotopic (exact) mass is 240 g/mol. The minimum absolute atomic E-state index is 0.222. The van der Waals surface area contributed by atoms with Crippen molar-refractivity contribution in [2.45, 2.75) is 64.1 Å². The van der Waals surface area contributed by atoms with Crippen molar-refractivity contribution in [1.29, 1.82) is 0 Å². The molecule has 1 saturated carbocycles. The fourth-order valence-electron chi connectivity index (χ4n) is 2.85. The van der Waals surface area contributed by atoms with E-state index in [1.165, 1.54) is 19.3 Å². The largest absolute Gasteiger partial charge is 0.444 e. The normalized spacial score (nSPS) is 33.0. The first-order valence-electron chi connectivity index (χ1n) is 6.65. The highest BCUT2D eigenvalue weighted by molar-refractivity contribution is 5.68. The molecule has 0 aromatic heterocycles. The number of carbonyl (C=O) groups is 1. The summed E-state index contributed by atoms with van der Waals surface area (Å²) >= 11 is 0. The van der Waals surface area contributed by atoms with Gasteiger partial charge in [0.25, 0.3) is 0 Å². The third-order valence-electron chi connectivity index (χ3n) is 3.53. The van der Waals surface area contributed by atoms with Gasteiger partial charge in [-0.05, 0) is 52.4 Å². The summed E-state index contributed by atoms with van der Waals surface area (Å²) < 4.78 is 5.28. The van der Waals surface area contributed by atoms with Crippen LogP contribution in [0.4, 0.5) is 4.79 Å². The summed E-state index contributed by atoms with van der Waals surface area (Å²) in [6, 6.07) is 0.894. The van der Waals surface area contributed by atoms with Crippen molar-refractivity contribution < 1.29 is 9.53 Å². The Hall–Kier alpha value is -0.770. The van der Waals surface area contributed by atoms with E-state index in [1.54, 1.807) is 0 Å². The zero-order chi connectivity index (χ0) is 12.5. The van der Waals surface area contributed by atoms with Gasteiger partial charge in [-0.25, -0.2) is 4.79 Å². The predicted octanol–water partition coefficient (Wildman–Crippen LogP) is 2.04. The van der Waals surface area contributed by atoms with Crippen molar-refractivity contribution >= 4 is 6.09 Å². The van der Waals surface area contributed by atoms with Gasteiger partial charge < -0.3 is 15.4 Å². The average Bonchev–Trinajstić information content (AvgIpc) is 2.48. The van der Waals surface area contributed by atoms with E-state index in [4.69, 9.17) is 4.74 Å². The number of carbonyl (C=O) groups excluding carboxylic acids is 1. The maximum atomic E-state index is 11.7. The van der Waals surface area contributed by atoms with Gasteiger partial charge in [-0.2, -0.15) is 0 Å². The van der Waals surface area contributed by atoms with Crippen LogP contribution in [0, 0.1) is 5.92 Å². The van der Waals surface area contributed by atoms with Crippen molar-refractivity contribution in [3.63, 3.8) is 0 Å². The number of hydrogen-bond donors (Lipinski definition) is 2. The molecule has 2 aliphatic rings. The number of rotatable bonds is 1. The Kier molecular flexibility index (Phi) is 3.61. The Labute approximate surface area is 103 Å². The quantitative estimate of drug-likeness (QED) is 0.737. The summed E-state index contributed by atoms with van der Waals surface area (Å²) in [5.74, 6) is 0.773. The van der Waals surface area contributed by atoms with Gasteiger partial charge in [-0.1, -0.05) is 0 Å². The maximum absolute atomic E-state index is 11.7. The molecule has 2 rings (SSSR count). The zero-order valence-corrected chi connectivity index (χ0v) is 11.1. The molecule has 0 spiro atoms. The number of ether oxygens (including phenoxy) is 1.